The van der Waals surface area contributed by atoms with Crippen LogP contribution in [0.5, 0.6) is 0 Å². The molecule has 0 fully saturated rings. The molecule has 0 atom stereocenters. The van der Waals surface area contributed by atoms with Crippen molar-refractivity contribution in [3.05, 3.63) is 33.5 Å². The van der Waals surface area contributed by atoms with Gasteiger partial charge < -0.3 is 0 Å². The fourth-order valence-electron chi connectivity index (χ4n) is 1.03. The molecular formula is C9H6BrF3O. The summed E-state index contributed by atoms with van der Waals surface area (Å²) >= 11 is 2.85. The second kappa shape index (κ2) is 4.13. The molecule has 0 spiro atoms. The van der Waals surface area contributed by atoms with Crippen LogP contribution in [0.1, 0.15) is 29.3 Å². The Morgan fingerprint density at radius 3 is 2.43 bits per heavy atom. The van der Waals surface area contributed by atoms with Crippen LogP contribution in [0.3, 0.4) is 0 Å². The van der Waals surface area contributed by atoms with E-state index in [0.29, 0.717) is 6.07 Å². The van der Waals surface area contributed by atoms with Gasteiger partial charge in [-0.25, -0.2) is 13.2 Å². The summed E-state index contributed by atoms with van der Waals surface area (Å²) in [6, 6.07) is 1.64. The Labute approximate surface area is 87.1 Å². The lowest BCUT2D eigenvalue weighted by atomic mass is 10.1. The Bertz CT molecular complexity index is 377. The van der Waals surface area contributed by atoms with Crippen LogP contribution in [-0.2, 0) is 0 Å². The summed E-state index contributed by atoms with van der Waals surface area (Å²) in [5.41, 5.74) is -0.574. The third-order valence-corrected chi connectivity index (χ3v) is 2.56. The zero-order valence-electron chi connectivity index (χ0n) is 7.15. The Morgan fingerprint density at radius 1 is 1.43 bits per heavy atom. The predicted octanol–water partition coefficient (Wildman–Crippen LogP) is 3.73. The lowest BCUT2D eigenvalue weighted by Gasteiger charge is -2.07. The maximum atomic E-state index is 12.8. The first-order valence-corrected chi connectivity index (χ1v) is 4.50. The normalized spacial score (nSPS) is 10.7. The molecule has 0 radical (unpaired) electrons. The van der Waals surface area contributed by atoms with E-state index in [0.717, 1.165) is 6.07 Å². The molecule has 0 bridgehead atoms. The van der Waals surface area contributed by atoms with Gasteiger partial charge in [0, 0.05) is 15.6 Å². The van der Waals surface area contributed by atoms with Crippen molar-refractivity contribution in [3.63, 3.8) is 0 Å². The number of halogens is 4. The predicted molar refractivity (Wildman–Crippen MR) is 49.1 cm³/mol. The highest BCUT2D eigenvalue weighted by molar-refractivity contribution is 9.10. The van der Waals surface area contributed by atoms with E-state index < -0.39 is 23.6 Å². The summed E-state index contributed by atoms with van der Waals surface area (Å²) in [6.45, 7) is 1.19. The van der Waals surface area contributed by atoms with Crippen molar-refractivity contribution < 1.29 is 18.0 Å². The van der Waals surface area contributed by atoms with Crippen LogP contribution in [0.15, 0.2) is 16.6 Å². The van der Waals surface area contributed by atoms with Gasteiger partial charge in [0.2, 0.25) is 0 Å². The molecule has 0 saturated carbocycles. The first kappa shape index (κ1) is 11.2. The zero-order chi connectivity index (χ0) is 10.9. The molecule has 0 aliphatic rings. The van der Waals surface area contributed by atoms with E-state index in [2.05, 4.69) is 15.9 Å². The average molecular weight is 267 g/mol. The molecule has 0 aliphatic heterocycles. The van der Waals surface area contributed by atoms with E-state index in [9.17, 15) is 18.0 Å². The van der Waals surface area contributed by atoms with Crippen molar-refractivity contribution >= 4 is 21.7 Å². The van der Waals surface area contributed by atoms with Gasteiger partial charge in [-0.2, -0.15) is 0 Å². The van der Waals surface area contributed by atoms with Gasteiger partial charge >= 0.3 is 0 Å². The molecular weight excluding hydrogens is 261 g/mol. The Morgan fingerprint density at radius 2 is 2.00 bits per heavy atom. The number of hydrogen-bond donors (Lipinski definition) is 0. The first-order valence-electron chi connectivity index (χ1n) is 3.71. The number of ketones is 1. The second-order valence-corrected chi connectivity index (χ2v) is 3.51. The highest BCUT2D eigenvalue weighted by Gasteiger charge is 2.18. The number of carbonyl (C=O) groups excluding carboxylic acids is 1. The van der Waals surface area contributed by atoms with Gasteiger partial charge in [0.15, 0.2) is 5.78 Å². The van der Waals surface area contributed by atoms with Gasteiger partial charge in [-0.15, -0.1) is 0 Å². The highest BCUT2D eigenvalue weighted by atomic mass is 79.9. The molecule has 0 heterocycles. The SMILES string of the molecule is CC(=O)c1cc(F)cc(C(F)F)c1Br. The van der Waals surface area contributed by atoms with Crippen molar-refractivity contribution in [3.8, 4) is 0 Å². The van der Waals surface area contributed by atoms with E-state index in [1.165, 1.54) is 6.92 Å². The fraction of sp³-hybridized carbons (Fsp3) is 0.222. The van der Waals surface area contributed by atoms with Crippen molar-refractivity contribution in [2.45, 2.75) is 13.3 Å². The third kappa shape index (κ3) is 2.15. The van der Waals surface area contributed by atoms with E-state index in [-0.39, 0.29) is 10.0 Å². The van der Waals surface area contributed by atoms with Crippen molar-refractivity contribution in [2.75, 3.05) is 0 Å². The van der Waals surface area contributed by atoms with Gasteiger partial charge in [0.1, 0.15) is 5.82 Å². The molecule has 0 aromatic heterocycles. The van der Waals surface area contributed by atoms with Gasteiger partial charge in [-0.1, -0.05) is 0 Å². The highest BCUT2D eigenvalue weighted by Crippen LogP contribution is 2.31. The molecule has 0 aliphatic carbocycles. The molecule has 1 rings (SSSR count). The molecule has 14 heavy (non-hydrogen) atoms. The summed E-state index contributed by atoms with van der Waals surface area (Å²) in [6.07, 6.45) is -2.81. The maximum absolute atomic E-state index is 12.8. The lowest BCUT2D eigenvalue weighted by Crippen LogP contribution is -1.99. The number of Topliss-reactive ketones (excluding diaryl/α,β-unsaturated/α-hetero) is 1. The molecule has 1 aromatic carbocycles. The fourth-order valence-corrected chi connectivity index (χ4v) is 1.71. The average Bonchev–Trinajstić information content (AvgIpc) is 2.07. The van der Waals surface area contributed by atoms with E-state index in [4.69, 9.17) is 0 Å². The number of hydrogen-bond acceptors (Lipinski definition) is 1. The summed E-state index contributed by atoms with van der Waals surface area (Å²) in [4.78, 5) is 11.0. The summed E-state index contributed by atoms with van der Waals surface area (Å²) < 4.78 is 37.5. The number of alkyl halides is 2. The summed E-state index contributed by atoms with van der Waals surface area (Å²) in [5, 5.41) is 0. The lowest BCUT2D eigenvalue weighted by molar-refractivity contribution is 0.101. The van der Waals surface area contributed by atoms with Crippen LogP contribution in [0, 0.1) is 5.82 Å². The largest absolute Gasteiger partial charge is 0.294 e. The van der Waals surface area contributed by atoms with Crippen LogP contribution < -0.4 is 0 Å². The Hall–Kier alpha value is -0.840. The Balaban J connectivity index is 3.40. The maximum Gasteiger partial charge on any atom is 0.265 e. The van der Waals surface area contributed by atoms with Gasteiger partial charge in [-0.3, -0.25) is 4.79 Å². The van der Waals surface area contributed by atoms with Crippen LogP contribution in [0.2, 0.25) is 0 Å². The molecule has 1 nitrogen and oxygen atoms in total. The topological polar surface area (TPSA) is 17.1 Å². The molecule has 0 saturated heterocycles. The van der Waals surface area contributed by atoms with Crippen LogP contribution in [0.4, 0.5) is 13.2 Å². The quantitative estimate of drug-likeness (QED) is 0.746. The van der Waals surface area contributed by atoms with E-state index in [1.807, 2.05) is 0 Å². The van der Waals surface area contributed by atoms with Gasteiger partial charge in [0.05, 0.1) is 0 Å². The van der Waals surface area contributed by atoms with E-state index in [1.54, 1.807) is 0 Å². The third-order valence-electron chi connectivity index (χ3n) is 1.68. The molecule has 76 valence electrons. The minimum absolute atomic E-state index is 0.0404. The molecule has 0 unspecified atom stereocenters. The van der Waals surface area contributed by atoms with Gasteiger partial charge in [0.25, 0.3) is 6.43 Å². The standard InChI is InChI=1S/C9H6BrF3O/c1-4(14)6-2-5(11)3-7(8(6)10)9(12)13/h2-3,9H,1H3. The van der Waals surface area contributed by atoms with Crippen molar-refractivity contribution in [1.82, 2.24) is 0 Å². The monoisotopic (exact) mass is 266 g/mol. The number of rotatable bonds is 2. The van der Waals surface area contributed by atoms with Crippen molar-refractivity contribution in [1.29, 1.82) is 0 Å². The second-order valence-electron chi connectivity index (χ2n) is 2.71. The van der Waals surface area contributed by atoms with Crippen LogP contribution >= 0.6 is 15.9 Å². The minimum Gasteiger partial charge on any atom is -0.294 e. The Kier molecular flexibility index (Phi) is 3.31. The summed E-state index contributed by atoms with van der Waals surface area (Å²) in [7, 11) is 0. The number of benzene rings is 1. The zero-order valence-corrected chi connectivity index (χ0v) is 8.74. The molecule has 0 amide bonds. The van der Waals surface area contributed by atoms with Crippen molar-refractivity contribution in [2.24, 2.45) is 0 Å². The van der Waals surface area contributed by atoms with E-state index >= 15 is 0 Å². The van der Waals surface area contributed by atoms with Crippen LogP contribution in [0.25, 0.3) is 0 Å². The first-order chi connectivity index (χ1) is 6.43. The number of carbonyl (C=O) groups is 1. The van der Waals surface area contributed by atoms with Gasteiger partial charge in [-0.05, 0) is 35.0 Å². The molecule has 5 heteroatoms. The van der Waals surface area contributed by atoms with Crippen LogP contribution in [-0.4, -0.2) is 5.78 Å². The smallest absolute Gasteiger partial charge is 0.265 e. The minimum atomic E-state index is -2.81. The summed E-state index contributed by atoms with van der Waals surface area (Å²) in [5.74, 6) is -1.30. The molecule has 0 N–H and O–H groups in total. The molecule has 1 aromatic rings.